The summed E-state index contributed by atoms with van der Waals surface area (Å²) in [5.41, 5.74) is 1.09. The summed E-state index contributed by atoms with van der Waals surface area (Å²) in [5.74, 6) is 0.431. The van der Waals surface area contributed by atoms with Crippen LogP contribution in [-0.2, 0) is 11.4 Å². The molecule has 0 radical (unpaired) electrons. The number of benzene rings is 2. The largest absolute Gasteiger partial charge is 0.493 e. The van der Waals surface area contributed by atoms with E-state index in [1.54, 1.807) is 12.1 Å². The Hall–Kier alpha value is -2.49. The van der Waals surface area contributed by atoms with Gasteiger partial charge in [-0.3, -0.25) is 4.79 Å². The second kappa shape index (κ2) is 7.19. The topological polar surface area (TPSA) is 55.8 Å². The first-order valence-corrected chi connectivity index (χ1v) is 6.35. The Kier molecular flexibility index (Phi) is 5.00. The third kappa shape index (κ3) is 4.65. The first-order chi connectivity index (χ1) is 9.74. The lowest BCUT2D eigenvalue weighted by atomic mass is 10.2. The number of carboxylic acid groups (broad SMARTS) is 1. The van der Waals surface area contributed by atoms with Crippen molar-refractivity contribution in [2.75, 3.05) is 6.61 Å². The first kappa shape index (κ1) is 13.9. The Morgan fingerprint density at radius 3 is 2.35 bits per heavy atom. The normalized spacial score (nSPS) is 10.0. The highest BCUT2D eigenvalue weighted by Crippen LogP contribution is 2.20. The average Bonchev–Trinajstić information content (AvgIpc) is 2.46. The summed E-state index contributed by atoms with van der Waals surface area (Å²) in [7, 11) is 0. The Balaban J connectivity index is 1.87. The van der Waals surface area contributed by atoms with E-state index in [0.717, 1.165) is 5.56 Å². The van der Waals surface area contributed by atoms with Crippen molar-refractivity contribution < 1.29 is 19.4 Å². The summed E-state index contributed by atoms with van der Waals surface area (Å²) >= 11 is 0. The zero-order valence-electron chi connectivity index (χ0n) is 11.0. The number of aliphatic carboxylic acids is 1. The first-order valence-electron chi connectivity index (χ1n) is 6.35. The van der Waals surface area contributed by atoms with Gasteiger partial charge in [0.05, 0.1) is 13.0 Å². The van der Waals surface area contributed by atoms with Gasteiger partial charge in [0.2, 0.25) is 0 Å². The molecule has 0 aliphatic carbocycles. The molecule has 0 spiro atoms. The van der Waals surface area contributed by atoms with E-state index in [2.05, 4.69) is 0 Å². The molecule has 2 aromatic carbocycles. The Labute approximate surface area is 117 Å². The summed E-state index contributed by atoms with van der Waals surface area (Å²) < 4.78 is 11.0. The zero-order valence-corrected chi connectivity index (χ0v) is 11.0. The molecule has 2 aromatic rings. The number of ether oxygens (including phenoxy) is 2. The fourth-order valence-electron chi connectivity index (χ4n) is 1.65. The van der Waals surface area contributed by atoms with Crippen LogP contribution in [0, 0.1) is 0 Å². The minimum Gasteiger partial charge on any atom is -0.493 e. The van der Waals surface area contributed by atoms with Gasteiger partial charge in [-0.25, -0.2) is 0 Å². The van der Waals surface area contributed by atoms with Crippen molar-refractivity contribution in [1.29, 1.82) is 0 Å². The monoisotopic (exact) mass is 272 g/mol. The predicted octanol–water partition coefficient (Wildman–Crippen LogP) is 3.12. The van der Waals surface area contributed by atoms with Crippen molar-refractivity contribution in [2.24, 2.45) is 0 Å². The van der Waals surface area contributed by atoms with Gasteiger partial charge in [-0.1, -0.05) is 36.4 Å². The van der Waals surface area contributed by atoms with Crippen molar-refractivity contribution in [2.45, 2.75) is 13.0 Å². The van der Waals surface area contributed by atoms with E-state index in [-0.39, 0.29) is 13.0 Å². The molecule has 0 aromatic heterocycles. The Morgan fingerprint density at radius 1 is 0.950 bits per heavy atom. The van der Waals surface area contributed by atoms with Crippen molar-refractivity contribution in [3.8, 4) is 11.5 Å². The number of rotatable bonds is 7. The fraction of sp³-hybridized carbons (Fsp3) is 0.188. The highest BCUT2D eigenvalue weighted by molar-refractivity contribution is 5.66. The molecule has 4 nitrogen and oxygen atoms in total. The van der Waals surface area contributed by atoms with Gasteiger partial charge in [-0.05, 0) is 17.7 Å². The van der Waals surface area contributed by atoms with Gasteiger partial charge in [-0.15, -0.1) is 0 Å². The van der Waals surface area contributed by atoms with Crippen LogP contribution in [-0.4, -0.2) is 17.7 Å². The summed E-state index contributed by atoms with van der Waals surface area (Å²) in [6.45, 7) is 0.636. The van der Waals surface area contributed by atoms with Gasteiger partial charge in [0.1, 0.15) is 18.1 Å². The van der Waals surface area contributed by atoms with Crippen LogP contribution in [0.4, 0.5) is 0 Å². The molecule has 0 aliphatic heterocycles. The van der Waals surface area contributed by atoms with Crippen LogP contribution in [0.15, 0.2) is 54.6 Å². The highest BCUT2D eigenvalue weighted by atomic mass is 16.5. The third-order valence-electron chi connectivity index (χ3n) is 2.64. The maximum atomic E-state index is 10.4. The van der Waals surface area contributed by atoms with Gasteiger partial charge in [0, 0.05) is 6.07 Å². The lowest BCUT2D eigenvalue weighted by molar-refractivity contribution is -0.137. The molecule has 4 heteroatoms. The van der Waals surface area contributed by atoms with E-state index in [0.29, 0.717) is 18.1 Å². The minimum absolute atomic E-state index is 0.0187. The second-order valence-corrected chi connectivity index (χ2v) is 4.24. The van der Waals surface area contributed by atoms with Crippen LogP contribution < -0.4 is 9.47 Å². The van der Waals surface area contributed by atoms with Crippen LogP contribution in [0.1, 0.15) is 12.0 Å². The SMILES string of the molecule is O=C(O)CCOc1cccc(OCc2ccccc2)c1. The minimum atomic E-state index is -0.874. The third-order valence-corrected chi connectivity index (χ3v) is 2.64. The molecular weight excluding hydrogens is 256 g/mol. The number of carbonyl (C=O) groups is 1. The highest BCUT2D eigenvalue weighted by Gasteiger charge is 2.01. The number of hydrogen-bond donors (Lipinski definition) is 1. The van der Waals surface area contributed by atoms with Gasteiger partial charge in [0.25, 0.3) is 0 Å². The molecule has 0 unspecified atom stereocenters. The molecule has 0 fully saturated rings. The standard InChI is InChI=1S/C16H16O4/c17-16(18)9-10-19-14-7-4-8-15(11-14)20-12-13-5-2-1-3-6-13/h1-8,11H,9-10,12H2,(H,17,18). The van der Waals surface area contributed by atoms with Gasteiger partial charge in [-0.2, -0.15) is 0 Å². The lowest BCUT2D eigenvalue weighted by Crippen LogP contribution is -2.04. The summed E-state index contributed by atoms with van der Waals surface area (Å²) in [5, 5.41) is 8.55. The van der Waals surface area contributed by atoms with E-state index >= 15 is 0 Å². The predicted molar refractivity (Wildman–Crippen MR) is 75.0 cm³/mol. The molecule has 2 rings (SSSR count). The quantitative estimate of drug-likeness (QED) is 0.841. The van der Waals surface area contributed by atoms with Crippen molar-refractivity contribution in [3.63, 3.8) is 0 Å². The molecule has 20 heavy (non-hydrogen) atoms. The molecule has 0 aliphatic rings. The lowest BCUT2D eigenvalue weighted by Gasteiger charge is -2.09. The molecule has 0 heterocycles. The van der Waals surface area contributed by atoms with E-state index in [1.165, 1.54) is 0 Å². The Bertz CT molecular complexity index is 551. The molecule has 0 atom stereocenters. The van der Waals surface area contributed by atoms with Crippen molar-refractivity contribution in [1.82, 2.24) is 0 Å². The van der Waals surface area contributed by atoms with Crippen LogP contribution in [0.5, 0.6) is 11.5 Å². The van der Waals surface area contributed by atoms with E-state index in [4.69, 9.17) is 14.6 Å². The van der Waals surface area contributed by atoms with E-state index in [1.807, 2.05) is 42.5 Å². The summed E-state index contributed by atoms with van der Waals surface area (Å²) in [6.07, 6.45) is -0.0187. The van der Waals surface area contributed by atoms with E-state index < -0.39 is 5.97 Å². The van der Waals surface area contributed by atoms with E-state index in [9.17, 15) is 4.79 Å². The van der Waals surface area contributed by atoms with Crippen LogP contribution in [0.3, 0.4) is 0 Å². The van der Waals surface area contributed by atoms with Gasteiger partial charge in [0.15, 0.2) is 0 Å². The van der Waals surface area contributed by atoms with Gasteiger partial charge < -0.3 is 14.6 Å². The molecule has 0 amide bonds. The average molecular weight is 272 g/mol. The molecular formula is C16H16O4. The summed E-state index contributed by atoms with van der Waals surface area (Å²) in [4.78, 5) is 10.4. The molecule has 104 valence electrons. The summed E-state index contributed by atoms with van der Waals surface area (Å²) in [6, 6.07) is 17.1. The zero-order chi connectivity index (χ0) is 14.2. The molecule has 0 bridgehead atoms. The van der Waals surface area contributed by atoms with Crippen LogP contribution in [0.2, 0.25) is 0 Å². The maximum absolute atomic E-state index is 10.4. The molecule has 0 saturated carbocycles. The van der Waals surface area contributed by atoms with Crippen LogP contribution >= 0.6 is 0 Å². The number of carboxylic acids is 1. The van der Waals surface area contributed by atoms with Crippen molar-refractivity contribution in [3.05, 3.63) is 60.2 Å². The van der Waals surface area contributed by atoms with Crippen molar-refractivity contribution >= 4 is 5.97 Å². The fourth-order valence-corrected chi connectivity index (χ4v) is 1.65. The molecule has 0 saturated heterocycles. The smallest absolute Gasteiger partial charge is 0.306 e. The van der Waals surface area contributed by atoms with Crippen LogP contribution in [0.25, 0.3) is 0 Å². The second-order valence-electron chi connectivity index (χ2n) is 4.24. The van der Waals surface area contributed by atoms with Gasteiger partial charge >= 0.3 is 5.97 Å². The Morgan fingerprint density at radius 2 is 1.65 bits per heavy atom. The number of hydrogen-bond acceptors (Lipinski definition) is 3. The molecule has 1 N–H and O–H groups in total. The maximum Gasteiger partial charge on any atom is 0.306 e.